The van der Waals surface area contributed by atoms with Crippen LogP contribution in [0.1, 0.15) is 27.6 Å². The van der Waals surface area contributed by atoms with Crippen LogP contribution in [0, 0.1) is 12.8 Å². The smallest absolute Gasteiger partial charge is 0.412 e. The molecule has 0 saturated carbocycles. The summed E-state index contributed by atoms with van der Waals surface area (Å²) in [6.07, 6.45) is 1.86. The van der Waals surface area contributed by atoms with Gasteiger partial charge in [0.15, 0.2) is 11.7 Å². The van der Waals surface area contributed by atoms with Crippen LogP contribution in [-0.4, -0.2) is 17.7 Å². The van der Waals surface area contributed by atoms with Gasteiger partial charge in [-0.25, -0.2) is 4.79 Å². The molecule has 15 heavy (non-hydrogen) atoms. The third-order valence-corrected chi connectivity index (χ3v) is 2.05. The molecule has 86 valence electrons. The van der Waals surface area contributed by atoms with Crippen molar-refractivity contribution >= 4 is 11.9 Å². The van der Waals surface area contributed by atoms with Crippen molar-refractivity contribution in [2.24, 2.45) is 5.92 Å². The first-order valence-electron chi connectivity index (χ1n) is 4.97. The largest absolute Gasteiger partial charge is 0.449 e. The van der Waals surface area contributed by atoms with Crippen LogP contribution >= 0.6 is 0 Å². The molecule has 0 aliphatic carbocycles. The SMILES string of the molecule is CC[C@H](C)COC(=O)Nc1coc(C)n1.[HH]. The highest BCUT2D eigenvalue weighted by molar-refractivity contribution is 5.82. The lowest BCUT2D eigenvalue weighted by molar-refractivity contribution is 0.143. The molecule has 0 aliphatic heterocycles. The summed E-state index contributed by atoms with van der Waals surface area (Å²) in [6, 6.07) is 0. The van der Waals surface area contributed by atoms with E-state index >= 15 is 0 Å². The number of aromatic nitrogens is 1. The number of ether oxygens (including phenoxy) is 1. The highest BCUT2D eigenvalue weighted by atomic mass is 16.5. The summed E-state index contributed by atoms with van der Waals surface area (Å²) in [5.74, 6) is 1.25. The first-order valence-corrected chi connectivity index (χ1v) is 4.97. The number of amides is 1. The van der Waals surface area contributed by atoms with Crippen molar-refractivity contribution in [2.75, 3.05) is 11.9 Å². The fourth-order valence-corrected chi connectivity index (χ4v) is 0.897. The van der Waals surface area contributed by atoms with Gasteiger partial charge in [-0.15, -0.1) is 0 Å². The maximum atomic E-state index is 11.2. The van der Waals surface area contributed by atoms with Gasteiger partial charge in [0, 0.05) is 8.35 Å². The Hall–Kier alpha value is -1.52. The van der Waals surface area contributed by atoms with Crippen LogP contribution in [0.4, 0.5) is 10.6 Å². The molecule has 0 unspecified atom stereocenters. The zero-order chi connectivity index (χ0) is 11.3. The molecular formula is C10H18N2O3. The van der Waals surface area contributed by atoms with Crippen LogP contribution in [0.2, 0.25) is 0 Å². The van der Waals surface area contributed by atoms with Crippen molar-refractivity contribution in [1.82, 2.24) is 4.98 Å². The summed E-state index contributed by atoms with van der Waals surface area (Å²) in [6.45, 7) is 6.19. The Morgan fingerprint density at radius 1 is 1.80 bits per heavy atom. The van der Waals surface area contributed by atoms with E-state index in [1.165, 1.54) is 6.26 Å². The highest BCUT2D eigenvalue weighted by Crippen LogP contribution is 2.07. The van der Waals surface area contributed by atoms with E-state index in [4.69, 9.17) is 9.15 Å². The maximum absolute atomic E-state index is 11.2. The maximum Gasteiger partial charge on any atom is 0.412 e. The molecule has 5 heteroatoms. The van der Waals surface area contributed by atoms with Crippen LogP contribution in [0.5, 0.6) is 0 Å². The minimum absolute atomic E-state index is 0. The van der Waals surface area contributed by atoms with Gasteiger partial charge in [0.2, 0.25) is 0 Å². The van der Waals surface area contributed by atoms with Crippen molar-refractivity contribution in [3.8, 4) is 0 Å². The number of oxazole rings is 1. The predicted molar refractivity (Wildman–Crippen MR) is 57.8 cm³/mol. The Morgan fingerprint density at radius 2 is 2.53 bits per heavy atom. The van der Waals surface area contributed by atoms with Crippen molar-refractivity contribution < 1.29 is 15.4 Å². The minimum Gasteiger partial charge on any atom is -0.449 e. The highest BCUT2D eigenvalue weighted by Gasteiger charge is 2.08. The zero-order valence-corrected chi connectivity index (χ0v) is 9.24. The van der Waals surface area contributed by atoms with E-state index in [-0.39, 0.29) is 1.43 Å². The Balaban J connectivity index is 0.00000225. The topological polar surface area (TPSA) is 64.4 Å². The molecule has 1 amide bonds. The van der Waals surface area contributed by atoms with Gasteiger partial charge in [-0.2, -0.15) is 4.98 Å². The lowest BCUT2D eigenvalue weighted by Gasteiger charge is -2.08. The molecule has 1 heterocycles. The monoisotopic (exact) mass is 214 g/mol. The number of carbonyl (C=O) groups excluding carboxylic acids is 1. The second-order valence-electron chi connectivity index (χ2n) is 3.49. The van der Waals surface area contributed by atoms with Crippen LogP contribution in [0.15, 0.2) is 10.7 Å². The average molecular weight is 214 g/mol. The number of carbonyl (C=O) groups is 1. The summed E-state index contributed by atoms with van der Waals surface area (Å²) in [5.41, 5.74) is 0. The van der Waals surface area contributed by atoms with Crippen molar-refractivity contribution in [3.63, 3.8) is 0 Å². The van der Waals surface area contributed by atoms with E-state index in [1.807, 2.05) is 13.8 Å². The Morgan fingerprint density at radius 3 is 3.07 bits per heavy atom. The first-order chi connectivity index (χ1) is 7.11. The molecule has 0 radical (unpaired) electrons. The Bertz CT molecular complexity index is 328. The van der Waals surface area contributed by atoms with Crippen LogP contribution in [0.25, 0.3) is 0 Å². The third-order valence-electron chi connectivity index (χ3n) is 2.05. The zero-order valence-electron chi connectivity index (χ0n) is 9.24. The molecule has 0 aliphatic rings. The van der Waals surface area contributed by atoms with Crippen LogP contribution < -0.4 is 5.32 Å². The molecule has 0 spiro atoms. The average Bonchev–Trinajstić information content (AvgIpc) is 2.60. The molecule has 0 fully saturated rings. The number of rotatable bonds is 4. The van der Waals surface area contributed by atoms with E-state index in [1.54, 1.807) is 6.92 Å². The van der Waals surface area contributed by atoms with E-state index in [0.717, 1.165) is 6.42 Å². The second kappa shape index (κ2) is 5.38. The van der Waals surface area contributed by atoms with Gasteiger partial charge < -0.3 is 9.15 Å². The molecule has 1 atom stereocenters. The van der Waals surface area contributed by atoms with Crippen molar-refractivity contribution in [2.45, 2.75) is 27.2 Å². The van der Waals surface area contributed by atoms with E-state index < -0.39 is 6.09 Å². The number of anilines is 1. The number of hydrogen-bond acceptors (Lipinski definition) is 4. The molecule has 1 aromatic rings. The molecule has 0 aromatic carbocycles. The van der Waals surface area contributed by atoms with Crippen LogP contribution in [0.3, 0.4) is 0 Å². The normalized spacial score (nSPS) is 12.2. The third kappa shape index (κ3) is 4.01. The number of nitrogens with zero attached hydrogens (tertiary/aromatic N) is 1. The molecule has 0 saturated heterocycles. The molecular weight excluding hydrogens is 196 g/mol. The van der Waals surface area contributed by atoms with Gasteiger partial charge in [-0.05, 0) is 5.92 Å². The summed E-state index contributed by atoms with van der Waals surface area (Å²) in [5, 5.41) is 2.48. The molecule has 1 N–H and O–H groups in total. The standard InChI is InChI=1S/C10H16N2O3.H2/c1-4-7(2)5-15-10(13)12-9-6-14-8(3)11-9;/h6-7H,4-5H2,1-3H3,(H,12,13);1H/t7-;/m0./s1. The molecule has 1 rings (SSSR count). The van der Waals surface area contributed by atoms with Crippen molar-refractivity contribution in [3.05, 3.63) is 12.2 Å². The van der Waals surface area contributed by atoms with E-state index in [9.17, 15) is 4.79 Å². The van der Waals surface area contributed by atoms with Crippen molar-refractivity contribution in [1.29, 1.82) is 0 Å². The van der Waals surface area contributed by atoms with Gasteiger partial charge in [-0.1, -0.05) is 20.3 Å². The van der Waals surface area contributed by atoms with Gasteiger partial charge in [0.1, 0.15) is 6.26 Å². The first kappa shape index (κ1) is 11.6. The number of nitrogens with one attached hydrogen (secondary N) is 1. The van der Waals surface area contributed by atoms with Crippen LogP contribution in [-0.2, 0) is 4.74 Å². The summed E-state index contributed by atoms with van der Waals surface area (Å²) >= 11 is 0. The second-order valence-corrected chi connectivity index (χ2v) is 3.49. The molecule has 0 bridgehead atoms. The molecule has 5 nitrogen and oxygen atoms in total. The predicted octanol–water partition coefficient (Wildman–Crippen LogP) is 2.82. The lowest BCUT2D eigenvalue weighted by atomic mass is 10.1. The summed E-state index contributed by atoms with van der Waals surface area (Å²) in [7, 11) is 0. The fraction of sp³-hybridized carbons (Fsp3) is 0.600. The Labute approximate surface area is 90.3 Å². The van der Waals surface area contributed by atoms with Gasteiger partial charge >= 0.3 is 6.09 Å². The van der Waals surface area contributed by atoms with E-state index in [2.05, 4.69) is 10.3 Å². The quantitative estimate of drug-likeness (QED) is 0.837. The number of hydrogen-bond donors (Lipinski definition) is 1. The fourth-order valence-electron chi connectivity index (χ4n) is 0.897. The lowest BCUT2D eigenvalue weighted by Crippen LogP contribution is -2.17. The van der Waals surface area contributed by atoms with Gasteiger partial charge in [0.25, 0.3) is 0 Å². The minimum atomic E-state index is -0.497. The Kier molecular flexibility index (Phi) is 4.15. The van der Waals surface area contributed by atoms with Gasteiger partial charge in [-0.3, -0.25) is 5.32 Å². The summed E-state index contributed by atoms with van der Waals surface area (Å²) < 4.78 is 9.91. The number of aryl methyl sites for hydroxylation is 1. The molecule has 1 aromatic heterocycles. The van der Waals surface area contributed by atoms with Gasteiger partial charge in [0.05, 0.1) is 6.61 Å². The summed E-state index contributed by atoms with van der Waals surface area (Å²) in [4.78, 5) is 15.1. The van der Waals surface area contributed by atoms with E-state index in [0.29, 0.717) is 24.2 Å².